The van der Waals surface area contributed by atoms with Gasteiger partial charge in [-0.15, -0.1) is 0 Å². The third-order valence-corrected chi connectivity index (χ3v) is 3.01. The van der Waals surface area contributed by atoms with Gasteiger partial charge < -0.3 is 11.1 Å². The van der Waals surface area contributed by atoms with E-state index in [-0.39, 0.29) is 11.9 Å². The lowest BCUT2D eigenvalue weighted by Crippen LogP contribution is -2.29. The van der Waals surface area contributed by atoms with Crippen LogP contribution in [0.1, 0.15) is 30.5 Å². The maximum Gasteiger partial charge on any atom is 0.227 e. The maximum absolute atomic E-state index is 11.7. The molecule has 0 saturated heterocycles. The lowest BCUT2D eigenvalue weighted by molar-refractivity contribution is -0.116. The SMILES string of the molecule is Cc1cc(C)nc(NC(=O)CC(N)C2CC2)c1. The van der Waals surface area contributed by atoms with Crippen LogP contribution in [-0.4, -0.2) is 16.9 Å². The Morgan fingerprint density at radius 2 is 2.24 bits per heavy atom. The number of nitrogens with zero attached hydrogens (tertiary/aromatic N) is 1. The van der Waals surface area contributed by atoms with Crippen LogP contribution in [0.15, 0.2) is 12.1 Å². The molecule has 1 aromatic rings. The minimum atomic E-state index is -0.0399. The largest absolute Gasteiger partial charge is 0.327 e. The van der Waals surface area contributed by atoms with Crippen LogP contribution in [0.4, 0.5) is 5.82 Å². The molecule has 0 spiro atoms. The van der Waals surface area contributed by atoms with Crippen LogP contribution in [-0.2, 0) is 4.79 Å². The molecule has 0 aromatic carbocycles. The molecule has 1 saturated carbocycles. The number of nitrogens with one attached hydrogen (secondary N) is 1. The van der Waals surface area contributed by atoms with Gasteiger partial charge in [0, 0.05) is 18.2 Å². The van der Waals surface area contributed by atoms with Crippen molar-refractivity contribution >= 4 is 11.7 Å². The van der Waals surface area contributed by atoms with Gasteiger partial charge >= 0.3 is 0 Å². The molecule has 4 heteroatoms. The summed E-state index contributed by atoms with van der Waals surface area (Å²) in [5, 5.41) is 2.81. The Kier molecular flexibility index (Phi) is 3.43. The van der Waals surface area contributed by atoms with E-state index in [1.165, 1.54) is 0 Å². The van der Waals surface area contributed by atoms with E-state index in [2.05, 4.69) is 10.3 Å². The van der Waals surface area contributed by atoms with Crippen LogP contribution in [0.25, 0.3) is 0 Å². The summed E-state index contributed by atoms with van der Waals surface area (Å²) in [7, 11) is 0. The Hall–Kier alpha value is -1.42. The molecule has 4 nitrogen and oxygen atoms in total. The standard InChI is InChI=1S/C13H19N3O/c1-8-5-9(2)15-12(6-8)16-13(17)7-11(14)10-3-4-10/h5-6,10-11H,3-4,7,14H2,1-2H3,(H,15,16,17). The normalized spacial score (nSPS) is 16.6. The van der Waals surface area contributed by atoms with Crippen molar-refractivity contribution in [3.63, 3.8) is 0 Å². The monoisotopic (exact) mass is 233 g/mol. The number of hydrogen-bond donors (Lipinski definition) is 2. The third kappa shape index (κ3) is 3.53. The number of nitrogens with two attached hydrogens (primary N) is 1. The van der Waals surface area contributed by atoms with E-state index in [0.29, 0.717) is 18.2 Å². The van der Waals surface area contributed by atoms with Gasteiger partial charge in [-0.3, -0.25) is 4.79 Å². The first kappa shape index (κ1) is 12.0. The second kappa shape index (κ2) is 4.84. The van der Waals surface area contributed by atoms with Crippen molar-refractivity contribution in [2.45, 2.75) is 39.2 Å². The zero-order valence-electron chi connectivity index (χ0n) is 10.4. The smallest absolute Gasteiger partial charge is 0.227 e. The number of aryl methyl sites for hydroxylation is 2. The first-order chi connectivity index (χ1) is 8.04. The molecule has 0 radical (unpaired) electrons. The number of amides is 1. The average Bonchev–Trinajstić information content (AvgIpc) is 2.97. The molecular formula is C13H19N3O. The molecule has 1 amide bonds. The molecule has 0 bridgehead atoms. The highest BCUT2D eigenvalue weighted by atomic mass is 16.1. The fraction of sp³-hybridized carbons (Fsp3) is 0.538. The number of aromatic nitrogens is 1. The Labute approximate surface area is 102 Å². The van der Waals surface area contributed by atoms with Crippen LogP contribution < -0.4 is 11.1 Å². The third-order valence-electron chi connectivity index (χ3n) is 3.01. The van der Waals surface area contributed by atoms with Gasteiger partial charge in [-0.2, -0.15) is 0 Å². The average molecular weight is 233 g/mol. The van der Waals surface area contributed by atoms with Crippen molar-refractivity contribution in [3.8, 4) is 0 Å². The Morgan fingerprint density at radius 3 is 2.82 bits per heavy atom. The van der Waals surface area contributed by atoms with E-state index < -0.39 is 0 Å². The van der Waals surface area contributed by atoms with E-state index in [1.54, 1.807) is 0 Å². The summed E-state index contributed by atoms with van der Waals surface area (Å²) in [6.45, 7) is 3.90. The van der Waals surface area contributed by atoms with Gasteiger partial charge in [-0.05, 0) is 50.3 Å². The highest BCUT2D eigenvalue weighted by Crippen LogP contribution is 2.32. The van der Waals surface area contributed by atoms with Crippen LogP contribution in [0, 0.1) is 19.8 Å². The molecular weight excluding hydrogens is 214 g/mol. The molecule has 1 unspecified atom stereocenters. The zero-order valence-corrected chi connectivity index (χ0v) is 10.4. The molecule has 1 aliphatic rings. The van der Waals surface area contributed by atoms with E-state index in [1.807, 2.05) is 26.0 Å². The number of carbonyl (C=O) groups excluding carboxylic acids is 1. The van der Waals surface area contributed by atoms with Gasteiger partial charge in [0.15, 0.2) is 0 Å². The summed E-state index contributed by atoms with van der Waals surface area (Å²) in [6.07, 6.45) is 2.71. The van der Waals surface area contributed by atoms with E-state index >= 15 is 0 Å². The minimum Gasteiger partial charge on any atom is -0.327 e. The van der Waals surface area contributed by atoms with Crippen molar-refractivity contribution in [1.82, 2.24) is 4.98 Å². The van der Waals surface area contributed by atoms with E-state index in [9.17, 15) is 4.79 Å². The first-order valence-corrected chi connectivity index (χ1v) is 6.05. The van der Waals surface area contributed by atoms with Crippen molar-refractivity contribution in [2.24, 2.45) is 11.7 Å². The first-order valence-electron chi connectivity index (χ1n) is 6.05. The van der Waals surface area contributed by atoms with Crippen molar-refractivity contribution in [2.75, 3.05) is 5.32 Å². The van der Waals surface area contributed by atoms with Crippen LogP contribution in [0.2, 0.25) is 0 Å². The maximum atomic E-state index is 11.7. The van der Waals surface area contributed by atoms with Crippen molar-refractivity contribution in [1.29, 1.82) is 0 Å². The quantitative estimate of drug-likeness (QED) is 0.832. The number of anilines is 1. The van der Waals surface area contributed by atoms with E-state index in [4.69, 9.17) is 5.73 Å². The van der Waals surface area contributed by atoms with Gasteiger partial charge in [0.2, 0.25) is 5.91 Å². The number of rotatable bonds is 4. The molecule has 1 heterocycles. The molecule has 0 aliphatic heterocycles. The van der Waals surface area contributed by atoms with Crippen molar-refractivity contribution in [3.05, 3.63) is 23.4 Å². The molecule has 1 aliphatic carbocycles. The van der Waals surface area contributed by atoms with Gasteiger partial charge in [0.25, 0.3) is 0 Å². The van der Waals surface area contributed by atoms with E-state index in [0.717, 1.165) is 24.1 Å². The number of hydrogen-bond acceptors (Lipinski definition) is 3. The highest BCUT2D eigenvalue weighted by Gasteiger charge is 2.29. The molecule has 3 N–H and O–H groups in total. The molecule has 92 valence electrons. The van der Waals surface area contributed by atoms with Crippen LogP contribution in [0.3, 0.4) is 0 Å². The summed E-state index contributed by atoms with van der Waals surface area (Å²) >= 11 is 0. The van der Waals surface area contributed by atoms with Gasteiger partial charge in [0.1, 0.15) is 5.82 Å². The molecule has 2 rings (SSSR count). The highest BCUT2D eigenvalue weighted by molar-refractivity contribution is 5.90. The fourth-order valence-corrected chi connectivity index (χ4v) is 2.00. The predicted octanol–water partition coefficient (Wildman–Crippen LogP) is 1.76. The summed E-state index contributed by atoms with van der Waals surface area (Å²) in [4.78, 5) is 16.0. The molecule has 17 heavy (non-hydrogen) atoms. The summed E-state index contributed by atoms with van der Waals surface area (Å²) in [5.74, 6) is 1.13. The topological polar surface area (TPSA) is 68.0 Å². The molecule has 1 atom stereocenters. The lowest BCUT2D eigenvalue weighted by Gasteiger charge is -2.10. The number of pyridine rings is 1. The summed E-state index contributed by atoms with van der Waals surface area (Å²) < 4.78 is 0. The minimum absolute atomic E-state index is 0.000839. The lowest BCUT2D eigenvalue weighted by atomic mass is 10.1. The molecule has 1 fully saturated rings. The Morgan fingerprint density at radius 1 is 1.53 bits per heavy atom. The van der Waals surface area contributed by atoms with Crippen LogP contribution >= 0.6 is 0 Å². The van der Waals surface area contributed by atoms with Gasteiger partial charge in [0.05, 0.1) is 0 Å². The summed E-state index contributed by atoms with van der Waals surface area (Å²) in [5.41, 5.74) is 7.92. The van der Waals surface area contributed by atoms with Crippen LogP contribution in [0.5, 0.6) is 0 Å². The zero-order chi connectivity index (χ0) is 12.4. The summed E-state index contributed by atoms with van der Waals surface area (Å²) in [6, 6.07) is 3.85. The fourth-order valence-electron chi connectivity index (χ4n) is 2.00. The van der Waals surface area contributed by atoms with Crippen molar-refractivity contribution < 1.29 is 4.79 Å². The second-order valence-electron chi connectivity index (χ2n) is 4.92. The van der Waals surface area contributed by atoms with Gasteiger partial charge in [-0.25, -0.2) is 4.98 Å². The molecule has 1 aromatic heterocycles. The van der Waals surface area contributed by atoms with Gasteiger partial charge in [-0.1, -0.05) is 0 Å². The number of carbonyl (C=O) groups is 1. The second-order valence-corrected chi connectivity index (χ2v) is 4.92. The Balaban J connectivity index is 1.92. The Bertz CT molecular complexity index is 406. The predicted molar refractivity (Wildman–Crippen MR) is 67.7 cm³/mol.